The van der Waals surface area contributed by atoms with Crippen molar-refractivity contribution in [1.82, 2.24) is 0 Å². The lowest BCUT2D eigenvalue weighted by Crippen LogP contribution is -2.30. The normalized spacial score (nSPS) is 14.8. The molecule has 0 fully saturated rings. The van der Waals surface area contributed by atoms with Crippen LogP contribution in [-0.2, 0) is 6.42 Å². The molecule has 2 aromatic carbocycles. The van der Waals surface area contributed by atoms with Crippen molar-refractivity contribution in [3.05, 3.63) is 48.0 Å². The lowest BCUT2D eigenvalue weighted by atomic mass is 9.93. The van der Waals surface area contributed by atoms with E-state index in [1.165, 1.54) is 16.3 Å². The first-order valence-electron chi connectivity index (χ1n) is 6.44. The number of fused-ring (bicyclic) bond motifs is 1. The van der Waals surface area contributed by atoms with Crippen molar-refractivity contribution in [2.75, 3.05) is 0 Å². The Labute approximate surface area is 104 Å². The maximum absolute atomic E-state index is 6.20. The molecule has 2 atom stereocenters. The van der Waals surface area contributed by atoms with Gasteiger partial charge in [0.15, 0.2) is 0 Å². The van der Waals surface area contributed by atoms with E-state index in [1.807, 2.05) is 0 Å². The van der Waals surface area contributed by atoms with E-state index in [4.69, 9.17) is 5.73 Å². The van der Waals surface area contributed by atoms with Crippen LogP contribution in [0.3, 0.4) is 0 Å². The van der Waals surface area contributed by atoms with Gasteiger partial charge in [0.25, 0.3) is 0 Å². The van der Waals surface area contributed by atoms with E-state index in [9.17, 15) is 0 Å². The SMILES string of the molecule is CCC(C)C(N)Cc1ccc2ccccc2c1. The minimum absolute atomic E-state index is 0.265. The summed E-state index contributed by atoms with van der Waals surface area (Å²) in [7, 11) is 0. The van der Waals surface area contributed by atoms with Crippen molar-refractivity contribution < 1.29 is 0 Å². The van der Waals surface area contributed by atoms with Gasteiger partial charge >= 0.3 is 0 Å². The molecule has 0 saturated heterocycles. The fourth-order valence-electron chi connectivity index (χ4n) is 2.14. The second-order valence-electron chi connectivity index (χ2n) is 4.94. The molecule has 0 radical (unpaired) electrons. The second kappa shape index (κ2) is 5.33. The number of hydrogen-bond donors (Lipinski definition) is 1. The average Bonchev–Trinajstić information content (AvgIpc) is 2.37. The molecule has 17 heavy (non-hydrogen) atoms. The second-order valence-corrected chi connectivity index (χ2v) is 4.94. The molecule has 2 aromatic rings. The van der Waals surface area contributed by atoms with Gasteiger partial charge in [0.2, 0.25) is 0 Å². The highest BCUT2D eigenvalue weighted by Crippen LogP contribution is 2.18. The van der Waals surface area contributed by atoms with Crippen molar-refractivity contribution in [2.45, 2.75) is 32.7 Å². The van der Waals surface area contributed by atoms with Gasteiger partial charge in [0, 0.05) is 6.04 Å². The van der Waals surface area contributed by atoms with E-state index in [-0.39, 0.29) is 6.04 Å². The van der Waals surface area contributed by atoms with Gasteiger partial charge in [-0.1, -0.05) is 62.7 Å². The molecule has 0 amide bonds. The molecule has 0 saturated carbocycles. The van der Waals surface area contributed by atoms with Crippen LogP contribution in [0.15, 0.2) is 42.5 Å². The predicted molar refractivity (Wildman–Crippen MR) is 75.1 cm³/mol. The van der Waals surface area contributed by atoms with Crippen molar-refractivity contribution in [2.24, 2.45) is 11.7 Å². The summed E-state index contributed by atoms with van der Waals surface area (Å²) in [6.07, 6.45) is 2.12. The van der Waals surface area contributed by atoms with Crippen LogP contribution in [-0.4, -0.2) is 6.04 Å². The standard InChI is InChI=1S/C16H21N/c1-3-12(2)16(17)11-13-8-9-14-6-4-5-7-15(14)10-13/h4-10,12,16H,3,11,17H2,1-2H3. The van der Waals surface area contributed by atoms with E-state index in [1.54, 1.807) is 0 Å². The van der Waals surface area contributed by atoms with Crippen LogP contribution in [0.2, 0.25) is 0 Å². The minimum Gasteiger partial charge on any atom is -0.327 e. The molecule has 2 N–H and O–H groups in total. The van der Waals surface area contributed by atoms with Gasteiger partial charge in [-0.05, 0) is 28.7 Å². The van der Waals surface area contributed by atoms with Gasteiger partial charge in [0.1, 0.15) is 0 Å². The van der Waals surface area contributed by atoms with E-state index < -0.39 is 0 Å². The molecular weight excluding hydrogens is 206 g/mol. The summed E-state index contributed by atoms with van der Waals surface area (Å²) in [5, 5.41) is 2.61. The zero-order valence-corrected chi connectivity index (χ0v) is 10.7. The van der Waals surface area contributed by atoms with Gasteiger partial charge in [-0.25, -0.2) is 0 Å². The van der Waals surface area contributed by atoms with Crippen LogP contribution in [0.25, 0.3) is 10.8 Å². The third-order valence-corrected chi connectivity index (χ3v) is 3.66. The molecule has 1 heteroatoms. The molecule has 0 aliphatic heterocycles. The molecule has 1 nitrogen and oxygen atoms in total. The Morgan fingerprint density at radius 1 is 1.06 bits per heavy atom. The Morgan fingerprint density at radius 2 is 1.76 bits per heavy atom. The van der Waals surface area contributed by atoms with Crippen LogP contribution in [0, 0.1) is 5.92 Å². The molecular formula is C16H21N. The zero-order chi connectivity index (χ0) is 12.3. The van der Waals surface area contributed by atoms with Crippen molar-refractivity contribution in [3.63, 3.8) is 0 Å². The Hall–Kier alpha value is -1.34. The quantitative estimate of drug-likeness (QED) is 0.845. The molecule has 0 heterocycles. The van der Waals surface area contributed by atoms with Gasteiger partial charge in [0.05, 0.1) is 0 Å². The molecule has 0 spiro atoms. The Balaban J connectivity index is 2.19. The lowest BCUT2D eigenvalue weighted by Gasteiger charge is -2.18. The maximum atomic E-state index is 6.20. The van der Waals surface area contributed by atoms with Gasteiger partial charge in [-0.2, -0.15) is 0 Å². The van der Waals surface area contributed by atoms with E-state index in [0.717, 1.165) is 12.8 Å². The van der Waals surface area contributed by atoms with Crippen LogP contribution in [0.1, 0.15) is 25.8 Å². The third kappa shape index (κ3) is 2.86. The average molecular weight is 227 g/mol. The molecule has 0 aliphatic rings. The Bertz CT molecular complexity index is 490. The largest absolute Gasteiger partial charge is 0.327 e. The van der Waals surface area contributed by atoms with E-state index in [0.29, 0.717) is 5.92 Å². The fourth-order valence-corrected chi connectivity index (χ4v) is 2.14. The fraction of sp³-hybridized carbons (Fsp3) is 0.375. The first kappa shape index (κ1) is 12.1. The van der Waals surface area contributed by atoms with Gasteiger partial charge in [-0.3, -0.25) is 0 Å². The monoisotopic (exact) mass is 227 g/mol. The predicted octanol–water partition coefficient (Wildman–Crippen LogP) is 3.76. The summed E-state index contributed by atoms with van der Waals surface area (Å²) in [5.74, 6) is 0.585. The molecule has 0 aromatic heterocycles. The highest BCUT2D eigenvalue weighted by Gasteiger charge is 2.11. The highest BCUT2D eigenvalue weighted by molar-refractivity contribution is 5.82. The summed E-state index contributed by atoms with van der Waals surface area (Å²) in [6, 6.07) is 15.4. The third-order valence-electron chi connectivity index (χ3n) is 3.66. The minimum atomic E-state index is 0.265. The zero-order valence-electron chi connectivity index (χ0n) is 10.7. The first-order valence-corrected chi connectivity index (χ1v) is 6.44. The smallest absolute Gasteiger partial charge is 0.0105 e. The number of nitrogens with two attached hydrogens (primary N) is 1. The van der Waals surface area contributed by atoms with Crippen LogP contribution in [0.5, 0.6) is 0 Å². The van der Waals surface area contributed by atoms with Gasteiger partial charge < -0.3 is 5.73 Å². The molecule has 2 rings (SSSR count). The summed E-state index contributed by atoms with van der Waals surface area (Å²) >= 11 is 0. The molecule has 0 bridgehead atoms. The first-order chi connectivity index (χ1) is 8.20. The van der Waals surface area contributed by atoms with Gasteiger partial charge in [-0.15, -0.1) is 0 Å². The lowest BCUT2D eigenvalue weighted by molar-refractivity contribution is 0.440. The maximum Gasteiger partial charge on any atom is 0.0105 e. The van der Waals surface area contributed by atoms with Crippen LogP contribution in [0.4, 0.5) is 0 Å². The molecule has 90 valence electrons. The summed E-state index contributed by atoms with van der Waals surface area (Å²) in [4.78, 5) is 0. The van der Waals surface area contributed by atoms with E-state index >= 15 is 0 Å². The molecule has 0 aliphatic carbocycles. The summed E-state index contributed by atoms with van der Waals surface area (Å²) in [6.45, 7) is 4.43. The summed E-state index contributed by atoms with van der Waals surface area (Å²) < 4.78 is 0. The van der Waals surface area contributed by atoms with E-state index in [2.05, 4.69) is 56.3 Å². The summed E-state index contributed by atoms with van der Waals surface area (Å²) in [5.41, 5.74) is 7.55. The Kier molecular flexibility index (Phi) is 3.80. The number of hydrogen-bond acceptors (Lipinski definition) is 1. The van der Waals surface area contributed by atoms with Crippen molar-refractivity contribution in [1.29, 1.82) is 0 Å². The van der Waals surface area contributed by atoms with Crippen molar-refractivity contribution >= 4 is 10.8 Å². The highest BCUT2D eigenvalue weighted by atomic mass is 14.6. The number of benzene rings is 2. The number of rotatable bonds is 4. The van der Waals surface area contributed by atoms with Crippen LogP contribution >= 0.6 is 0 Å². The molecule has 2 unspecified atom stereocenters. The topological polar surface area (TPSA) is 26.0 Å². The van der Waals surface area contributed by atoms with Crippen molar-refractivity contribution in [3.8, 4) is 0 Å². The Morgan fingerprint density at radius 3 is 2.47 bits per heavy atom. The van der Waals surface area contributed by atoms with Crippen LogP contribution < -0.4 is 5.73 Å².